The first kappa shape index (κ1) is 5.54. The Bertz CT molecular complexity index is 101. The lowest BCUT2D eigenvalue weighted by atomic mass is 10.3. The van der Waals surface area contributed by atoms with Crippen LogP contribution in [-0.4, -0.2) is 25.8 Å². The zero-order valence-corrected chi connectivity index (χ0v) is 4.55. The zero-order chi connectivity index (χ0) is 5.82. The van der Waals surface area contributed by atoms with Crippen LogP contribution in [0.1, 0.15) is 0 Å². The molecule has 0 unspecified atom stereocenters. The van der Waals surface area contributed by atoms with Crippen molar-refractivity contribution < 1.29 is 4.74 Å². The smallest absolute Gasteiger partial charge is 0.156 e. The highest BCUT2D eigenvalue weighted by molar-refractivity contribution is 4.87. The van der Waals surface area contributed by atoms with Crippen molar-refractivity contribution in [2.45, 2.75) is 6.10 Å². The van der Waals surface area contributed by atoms with Crippen molar-refractivity contribution in [1.82, 2.24) is 5.32 Å². The van der Waals surface area contributed by atoms with Crippen LogP contribution in [0.2, 0.25) is 0 Å². The molecule has 0 aromatic rings. The number of morpholine rings is 1. The van der Waals surface area contributed by atoms with Gasteiger partial charge in [-0.1, -0.05) is 0 Å². The molecule has 0 bridgehead atoms. The summed E-state index contributed by atoms with van der Waals surface area (Å²) in [4.78, 5) is 0. The molecule has 0 saturated carbocycles. The van der Waals surface area contributed by atoms with Gasteiger partial charge in [0.2, 0.25) is 0 Å². The normalized spacial score (nSPS) is 29.1. The maximum atomic E-state index is 8.28. The number of nitrogens with zero attached hydrogens (tertiary/aromatic N) is 1. The van der Waals surface area contributed by atoms with E-state index in [-0.39, 0.29) is 6.10 Å². The van der Waals surface area contributed by atoms with Gasteiger partial charge in [0.05, 0.1) is 12.7 Å². The number of hydrogen-bond acceptors (Lipinski definition) is 3. The van der Waals surface area contributed by atoms with Crippen LogP contribution in [0.15, 0.2) is 0 Å². The van der Waals surface area contributed by atoms with Crippen LogP contribution >= 0.6 is 0 Å². The average molecular weight is 112 g/mol. The Morgan fingerprint density at radius 2 is 2.62 bits per heavy atom. The predicted octanol–water partition coefficient (Wildman–Crippen LogP) is -0.502. The summed E-state index contributed by atoms with van der Waals surface area (Å²) < 4.78 is 5.00. The third-order valence-electron chi connectivity index (χ3n) is 1.07. The van der Waals surface area contributed by atoms with Gasteiger partial charge in [-0.2, -0.15) is 5.26 Å². The Balaban J connectivity index is 2.25. The molecule has 1 rings (SSSR count). The Hall–Kier alpha value is -0.590. The van der Waals surface area contributed by atoms with Gasteiger partial charge in [-0.25, -0.2) is 0 Å². The third-order valence-corrected chi connectivity index (χ3v) is 1.07. The van der Waals surface area contributed by atoms with Gasteiger partial charge in [-0.3, -0.25) is 0 Å². The maximum Gasteiger partial charge on any atom is 0.156 e. The van der Waals surface area contributed by atoms with Crippen LogP contribution in [-0.2, 0) is 4.74 Å². The van der Waals surface area contributed by atoms with Crippen molar-refractivity contribution in [3.8, 4) is 6.07 Å². The molecule has 0 aromatic carbocycles. The van der Waals surface area contributed by atoms with E-state index in [1.807, 2.05) is 6.07 Å². The van der Waals surface area contributed by atoms with Crippen LogP contribution in [0, 0.1) is 11.3 Å². The van der Waals surface area contributed by atoms with E-state index in [0.29, 0.717) is 13.2 Å². The van der Waals surface area contributed by atoms with Crippen LogP contribution in [0.5, 0.6) is 0 Å². The first-order valence-electron chi connectivity index (χ1n) is 2.65. The fraction of sp³-hybridized carbons (Fsp3) is 0.800. The summed E-state index contributed by atoms with van der Waals surface area (Å²) in [5.74, 6) is 0. The maximum absolute atomic E-state index is 8.28. The van der Waals surface area contributed by atoms with Gasteiger partial charge in [0.15, 0.2) is 6.10 Å². The van der Waals surface area contributed by atoms with E-state index in [1.54, 1.807) is 0 Å². The molecule has 3 heteroatoms. The highest BCUT2D eigenvalue weighted by Crippen LogP contribution is 1.91. The lowest BCUT2D eigenvalue weighted by Crippen LogP contribution is -2.37. The van der Waals surface area contributed by atoms with Gasteiger partial charge < -0.3 is 10.1 Å². The number of ether oxygens (including phenoxy) is 1. The van der Waals surface area contributed by atoms with Gasteiger partial charge in [0.1, 0.15) is 0 Å². The SMILES string of the molecule is N#C[C@@H]1CNCCO1. The molecular formula is C5H8N2O. The molecule has 8 heavy (non-hydrogen) atoms. The minimum Gasteiger partial charge on any atom is -0.361 e. The molecule has 0 amide bonds. The quantitative estimate of drug-likeness (QED) is 0.459. The molecule has 1 fully saturated rings. The summed E-state index contributed by atoms with van der Waals surface area (Å²) in [6.45, 7) is 2.22. The topological polar surface area (TPSA) is 45.0 Å². The van der Waals surface area contributed by atoms with E-state index in [9.17, 15) is 0 Å². The van der Waals surface area contributed by atoms with Gasteiger partial charge >= 0.3 is 0 Å². The number of nitrogens with one attached hydrogen (secondary N) is 1. The van der Waals surface area contributed by atoms with Gasteiger partial charge in [0, 0.05) is 13.1 Å². The largest absolute Gasteiger partial charge is 0.361 e. The second-order valence-electron chi connectivity index (χ2n) is 1.69. The highest BCUT2D eigenvalue weighted by Gasteiger charge is 2.09. The molecule has 3 nitrogen and oxygen atoms in total. The van der Waals surface area contributed by atoms with Gasteiger partial charge in [-0.15, -0.1) is 0 Å². The molecular weight excluding hydrogens is 104 g/mol. The summed E-state index contributed by atoms with van der Waals surface area (Å²) >= 11 is 0. The molecule has 0 aromatic heterocycles. The van der Waals surface area contributed by atoms with E-state index in [1.165, 1.54) is 0 Å². The Kier molecular flexibility index (Phi) is 1.84. The molecule has 1 heterocycles. The molecule has 1 atom stereocenters. The molecule has 0 aliphatic carbocycles. The number of nitriles is 1. The highest BCUT2D eigenvalue weighted by atomic mass is 16.5. The third kappa shape index (κ3) is 1.19. The Labute approximate surface area is 48.2 Å². The summed E-state index contributed by atoms with van der Waals surface area (Å²) in [5, 5.41) is 11.3. The summed E-state index contributed by atoms with van der Waals surface area (Å²) in [6.07, 6.45) is -0.219. The minimum atomic E-state index is -0.219. The van der Waals surface area contributed by atoms with E-state index in [0.717, 1.165) is 6.54 Å². The standard InChI is InChI=1S/C5H8N2O/c6-3-5-4-7-1-2-8-5/h5,7H,1-2,4H2/t5-/m1/s1. The van der Waals surface area contributed by atoms with Crippen LogP contribution in [0.3, 0.4) is 0 Å². The number of hydrogen-bond donors (Lipinski definition) is 1. The molecule has 1 saturated heterocycles. The van der Waals surface area contributed by atoms with Crippen molar-refractivity contribution in [3.63, 3.8) is 0 Å². The predicted molar refractivity (Wildman–Crippen MR) is 28.2 cm³/mol. The van der Waals surface area contributed by atoms with Gasteiger partial charge in [-0.05, 0) is 0 Å². The molecule has 1 N–H and O–H groups in total. The van der Waals surface area contributed by atoms with E-state index < -0.39 is 0 Å². The second kappa shape index (κ2) is 2.65. The summed E-state index contributed by atoms with van der Waals surface area (Å²) in [5.41, 5.74) is 0. The molecule has 1 aliphatic rings. The molecule has 0 spiro atoms. The van der Waals surface area contributed by atoms with Crippen molar-refractivity contribution in [2.75, 3.05) is 19.7 Å². The fourth-order valence-corrected chi connectivity index (χ4v) is 0.648. The van der Waals surface area contributed by atoms with E-state index in [2.05, 4.69) is 5.32 Å². The van der Waals surface area contributed by atoms with Crippen LogP contribution < -0.4 is 5.32 Å². The van der Waals surface area contributed by atoms with E-state index >= 15 is 0 Å². The lowest BCUT2D eigenvalue weighted by Gasteiger charge is -2.16. The van der Waals surface area contributed by atoms with Crippen molar-refractivity contribution in [1.29, 1.82) is 5.26 Å². The van der Waals surface area contributed by atoms with Gasteiger partial charge in [0.25, 0.3) is 0 Å². The Morgan fingerprint density at radius 1 is 1.75 bits per heavy atom. The number of rotatable bonds is 0. The van der Waals surface area contributed by atoms with E-state index in [4.69, 9.17) is 10.00 Å². The first-order chi connectivity index (χ1) is 3.93. The van der Waals surface area contributed by atoms with Crippen LogP contribution in [0.4, 0.5) is 0 Å². The molecule has 0 radical (unpaired) electrons. The molecule has 44 valence electrons. The lowest BCUT2D eigenvalue weighted by molar-refractivity contribution is 0.0638. The second-order valence-corrected chi connectivity index (χ2v) is 1.69. The molecule has 1 aliphatic heterocycles. The van der Waals surface area contributed by atoms with Crippen LogP contribution in [0.25, 0.3) is 0 Å². The summed E-state index contributed by atoms with van der Waals surface area (Å²) in [7, 11) is 0. The zero-order valence-electron chi connectivity index (χ0n) is 4.55. The van der Waals surface area contributed by atoms with Crippen molar-refractivity contribution in [3.05, 3.63) is 0 Å². The van der Waals surface area contributed by atoms with Crippen molar-refractivity contribution in [2.24, 2.45) is 0 Å². The average Bonchev–Trinajstić information content (AvgIpc) is 1.90. The van der Waals surface area contributed by atoms with Crippen molar-refractivity contribution >= 4 is 0 Å². The minimum absolute atomic E-state index is 0.219. The monoisotopic (exact) mass is 112 g/mol. The fourth-order valence-electron chi connectivity index (χ4n) is 0.648. The summed E-state index contributed by atoms with van der Waals surface area (Å²) in [6, 6.07) is 2.02. The Morgan fingerprint density at radius 3 is 3.00 bits per heavy atom. The first-order valence-corrected chi connectivity index (χ1v) is 2.65.